The summed E-state index contributed by atoms with van der Waals surface area (Å²) in [5.74, 6) is -0.230. The molecule has 1 aliphatic rings. The molecule has 3 rings (SSSR count). The molecule has 1 fully saturated rings. The lowest BCUT2D eigenvalue weighted by molar-refractivity contribution is 0.0653. The number of hydrogen-bond donors (Lipinski definition) is 1. The first-order valence-electron chi connectivity index (χ1n) is 6.15. The summed E-state index contributed by atoms with van der Waals surface area (Å²) in [5.41, 5.74) is -0.147. The van der Waals surface area contributed by atoms with Crippen molar-refractivity contribution in [2.45, 2.75) is 13.0 Å². The van der Waals surface area contributed by atoms with Gasteiger partial charge in [0.2, 0.25) is 0 Å². The zero-order valence-electron chi connectivity index (χ0n) is 10.5. The summed E-state index contributed by atoms with van der Waals surface area (Å²) in [5, 5.41) is 5.00. The third-order valence-electron chi connectivity index (χ3n) is 3.34. The van der Waals surface area contributed by atoms with E-state index in [-0.39, 0.29) is 23.1 Å². The van der Waals surface area contributed by atoms with Crippen molar-refractivity contribution in [2.75, 3.05) is 19.6 Å². The van der Waals surface area contributed by atoms with Gasteiger partial charge in [0.1, 0.15) is 5.56 Å². The molecule has 0 saturated carbocycles. The molecule has 3 heterocycles. The van der Waals surface area contributed by atoms with Crippen LogP contribution in [0.15, 0.2) is 22.6 Å². The minimum Gasteiger partial charge on any atom is -0.333 e. The minimum absolute atomic E-state index is 0.0869. The van der Waals surface area contributed by atoms with Gasteiger partial charge in [-0.05, 0) is 6.92 Å². The zero-order chi connectivity index (χ0) is 13.4. The van der Waals surface area contributed by atoms with Gasteiger partial charge in [0.05, 0.1) is 0 Å². The van der Waals surface area contributed by atoms with Crippen LogP contribution in [0.25, 0.3) is 4.96 Å². The summed E-state index contributed by atoms with van der Waals surface area (Å²) in [6.45, 7) is 4.09. The first-order chi connectivity index (χ1) is 9.18. The predicted octanol–water partition coefficient (Wildman–Crippen LogP) is 0.190. The fourth-order valence-corrected chi connectivity index (χ4v) is 2.94. The molecule has 1 aliphatic heterocycles. The van der Waals surface area contributed by atoms with Crippen LogP contribution in [0.4, 0.5) is 0 Å². The Morgan fingerprint density at radius 3 is 3.21 bits per heavy atom. The molecule has 0 aliphatic carbocycles. The number of nitrogens with one attached hydrogen (secondary N) is 1. The Balaban J connectivity index is 2.01. The Morgan fingerprint density at radius 2 is 2.42 bits per heavy atom. The minimum atomic E-state index is -0.290. The van der Waals surface area contributed by atoms with Gasteiger partial charge in [-0.1, -0.05) is 0 Å². The fraction of sp³-hybridized carbons (Fsp3) is 0.417. The molecule has 2 aromatic rings. The maximum Gasteiger partial charge on any atom is 0.271 e. The molecule has 19 heavy (non-hydrogen) atoms. The van der Waals surface area contributed by atoms with Crippen molar-refractivity contribution in [3.05, 3.63) is 33.7 Å². The first kappa shape index (κ1) is 12.3. The highest BCUT2D eigenvalue weighted by atomic mass is 32.1. The number of aromatic nitrogens is 2. The van der Waals surface area contributed by atoms with Gasteiger partial charge < -0.3 is 10.2 Å². The normalized spacial score (nSPS) is 19.8. The number of fused-ring (bicyclic) bond motifs is 1. The van der Waals surface area contributed by atoms with Gasteiger partial charge in [-0.3, -0.25) is 14.0 Å². The van der Waals surface area contributed by atoms with E-state index in [9.17, 15) is 9.59 Å². The molecule has 1 atom stereocenters. The SMILES string of the molecule is C[C@@H]1CNCCN1C(=O)c1cnc2sccn2c1=O. The number of thiazole rings is 1. The maximum atomic E-state index is 12.4. The van der Waals surface area contributed by atoms with Crippen LogP contribution in [0.1, 0.15) is 17.3 Å². The standard InChI is InChI=1S/C12H14N4O2S/c1-8-6-13-2-3-15(8)10(17)9-7-14-12-16(11(9)18)4-5-19-12/h4-5,7-8,13H,2-3,6H2,1H3/t8-/m1/s1. The van der Waals surface area contributed by atoms with E-state index >= 15 is 0 Å². The number of carbonyl (C=O) groups is 1. The second-order valence-corrected chi connectivity index (χ2v) is 5.46. The van der Waals surface area contributed by atoms with Gasteiger partial charge >= 0.3 is 0 Å². The van der Waals surface area contributed by atoms with E-state index in [0.29, 0.717) is 11.5 Å². The number of carbonyl (C=O) groups excluding carboxylic acids is 1. The Morgan fingerprint density at radius 1 is 1.58 bits per heavy atom. The zero-order valence-corrected chi connectivity index (χ0v) is 11.3. The average molecular weight is 278 g/mol. The van der Waals surface area contributed by atoms with Gasteiger partial charge in [0, 0.05) is 43.4 Å². The van der Waals surface area contributed by atoms with E-state index in [4.69, 9.17) is 0 Å². The summed E-state index contributed by atoms with van der Waals surface area (Å²) < 4.78 is 1.42. The van der Waals surface area contributed by atoms with Crippen LogP contribution in [-0.4, -0.2) is 45.9 Å². The number of piperazine rings is 1. The third kappa shape index (κ3) is 2.04. The van der Waals surface area contributed by atoms with E-state index in [2.05, 4.69) is 10.3 Å². The van der Waals surface area contributed by atoms with Crippen LogP contribution >= 0.6 is 11.3 Å². The number of rotatable bonds is 1. The van der Waals surface area contributed by atoms with Crippen molar-refractivity contribution >= 4 is 22.2 Å². The topological polar surface area (TPSA) is 66.7 Å². The molecule has 0 spiro atoms. The van der Waals surface area contributed by atoms with Crippen molar-refractivity contribution in [1.82, 2.24) is 19.6 Å². The Kier molecular flexibility index (Phi) is 3.08. The van der Waals surface area contributed by atoms with Crippen LogP contribution in [0.5, 0.6) is 0 Å². The van der Waals surface area contributed by atoms with Crippen molar-refractivity contribution in [2.24, 2.45) is 0 Å². The monoisotopic (exact) mass is 278 g/mol. The quantitative estimate of drug-likeness (QED) is 0.808. The Hall–Kier alpha value is -1.73. The molecule has 1 saturated heterocycles. The Labute approximate surface area is 113 Å². The van der Waals surface area contributed by atoms with Crippen LogP contribution in [-0.2, 0) is 0 Å². The van der Waals surface area contributed by atoms with E-state index in [0.717, 1.165) is 13.1 Å². The van der Waals surface area contributed by atoms with Crippen molar-refractivity contribution in [3.8, 4) is 0 Å². The lowest BCUT2D eigenvalue weighted by Gasteiger charge is -2.33. The van der Waals surface area contributed by atoms with Gasteiger partial charge in [0.25, 0.3) is 11.5 Å². The number of hydrogen-bond acceptors (Lipinski definition) is 5. The van der Waals surface area contributed by atoms with E-state index in [1.807, 2.05) is 6.92 Å². The fourth-order valence-electron chi connectivity index (χ4n) is 2.27. The maximum absolute atomic E-state index is 12.4. The van der Waals surface area contributed by atoms with Crippen LogP contribution in [0, 0.1) is 0 Å². The molecule has 7 heteroatoms. The van der Waals surface area contributed by atoms with E-state index < -0.39 is 0 Å². The molecule has 0 bridgehead atoms. The third-order valence-corrected chi connectivity index (χ3v) is 4.11. The molecule has 6 nitrogen and oxygen atoms in total. The van der Waals surface area contributed by atoms with Gasteiger partial charge in [-0.25, -0.2) is 4.98 Å². The summed E-state index contributed by atoms with van der Waals surface area (Å²) in [4.78, 5) is 31.2. The highest BCUT2D eigenvalue weighted by molar-refractivity contribution is 7.15. The Bertz CT molecular complexity index is 678. The molecule has 0 aromatic carbocycles. The molecule has 2 aromatic heterocycles. The summed E-state index contributed by atoms with van der Waals surface area (Å²) in [6, 6.07) is 0.0869. The second kappa shape index (κ2) is 4.75. The molecule has 1 N–H and O–H groups in total. The lowest BCUT2D eigenvalue weighted by Crippen LogP contribution is -2.53. The van der Waals surface area contributed by atoms with Crippen molar-refractivity contribution < 1.29 is 4.79 Å². The van der Waals surface area contributed by atoms with E-state index in [1.54, 1.807) is 16.5 Å². The molecule has 1 amide bonds. The highest BCUT2D eigenvalue weighted by Crippen LogP contribution is 2.10. The largest absolute Gasteiger partial charge is 0.333 e. The van der Waals surface area contributed by atoms with Gasteiger partial charge in [-0.15, -0.1) is 11.3 Å². The molecule has 0 radical (unpaired) electrons. The first-order valence-corrected chi connectivity index (χ1v) is 7.03. The van der Waals surface area contributed by atoms with E-state index in [1.165, 1.54) is 21.9 Å². The lowest BCUT2D eigenvalue weighted by atomic mass is 10.2. The summed E-state index contributed by atoms with van der Waals surface area (Å²) in [6.07, 6.45) is 3.04. The highest BCUT2D eigenvalue weighted by Gasteiger charge is 2.26. The number of nitrogens with zero attached hydrogens (tertiary/aromatic N) is 3. The van der Waals surface area contributed by atoms with Gasteiger partial charge in [-0.2, -0.15) is 0 Å². The van der Waals surface area contributed by atoms with Gasteiger partial charge in [0.15, 0.2) is 4.96 Å². The average Bonchev–Trinajstić information content (AvgIpc) is 2.88. The van der Waals surface area contributed by atoms with Crippen LogP contribution < -0.4 is 10.9 Å². The number of amides is 1. The molecular formula is C12H14N4O2S. The van der Waals surface area contributed by atoms with Crippen LogP contribution in [0.2, 0.25) is 0 Å². The molecular weight excluding hydrogens is 264 g/mol. The summed E-state index contributed by atoms with van der Waals surface area (Å²) >= 11 is 1.37. The van der Waals surface area contributed by atoms with Crippen molar-refractivity contribution in [1.29, 1.82) is 0 Å². The van der Waals surface area contributed by atoms with Crippen LogP contribution in [0.3, 0.4) is 0 Å². The van der Waals surface area contributed by atoms with Crippen molar-refractivity contribution in [3.63, 3.8) is 0 Å². The smallest absolute Gasteiger partial charge is 0.271 e. The predicted molar refractivity (Wildman–Crippen MR) is 72.7 cm³/mol. The molecule has 0 unspecified atom stereocenters. The summed E-state index contributed by atoms with van der Waals surface area (Å²) in [7, 11) is 0. The second-order valence-electron chi connectivity index (χ2n) is 4.58. The molecule has 100 valence electrons.